The van der Waals surface area contributed by atoms with Gasteiger partial charge in [0.2, 0.25) is 0 Å². The van der Waals surface area contributed by atoms with E-state index in [0.29, 0.717) is 38.6 Å². The molecular formula is C19H31F3IN5. The zero-order chi connectivity index (χ0) is 20.0. The molecule has 0 radical (unpaired) electrons. The molecule has 2 rings (SSSR count). The first kappa shape index (κ1) is 24.8. The van der Waals surface area contributed by atoms with Gasteiger partial charge in [-0.25, -0.2) is 4.99 Å². The first-order valence-electron chi connectivity index (χ1n) is 9.28. The Kier molecular flexibility index (Phi) is 9.82. The minimum absolute atomic E-state index is 0. The van der Waals surface area contributed by atoms with Crippen LogP contribution in [0.1, 0.15) is 24.5 Å². The number of rotatable bonds is 6. The largest absolute Gasteiger partial charge is 0.401 e. The van der Waals surface area contributed by atoms with Gasteiger partial charge in [0, 0.05) is 45.5 Å². The summed E-state index contributed by atoms with van der Waals surface area (Å²) >= 11 is 0. The van der Waals surface area contributed by atoms with Crippen molar-refractivity contribution in [2.45, 2.75) is 39.0 Å². The molecule has 0 saturated carbocycles. The van der Waals surface area contributed by atoms with Gasteiger partial charge in [0.15, 0.2) is 5.96 Å². The van der Waals surface area contributed by atoms with Crippen molar-refractivity contribution in [3.63, 3.8) is 0 Å². The molecule has 2 N–H and O–H groups in total. The van der Waals surface area contributed by atoms with Gasteiger partial charge in [0.25, 0.3) is 0 Å². The van der Waals surface area contributed by atoms with Crippen molar-refractivity contribution in [3.8, 4) is 0 Å². The topological polar surface area (TPSA) is 42.9 Å². The number of guanidine groups is 1. The number of aryl methyl sites for hydroxylation is 1. The van der Waals surface area contributed by atoms with Crippen molar-refractivity contribution in [1.29, 1.82) is 0 Å². The van der Waals surface area contributed by atoms with Crippen LogP contribution in [0.3, 0.4) is 0 Å². The van der Waals surface area contributed by atoms with Crippen molar-refractivity contribution in [3.05, 3.63) is 29.3 Å². The van der Waals surface area contributed by atoms with Gasteiger partial charge in [-0.2, -0.15) is 13.2 Å². The van der Waals surface area contributed by atoms with Gasteiger partial charge in [0.05, 0.1) is 13.1 Å². The van der Waals surface area contributed by atoms with Crippen LogP contribution in [0.4, 0.5) is 18.9 Å². The number of halogens is 4. The minimum atomic E-state index is -4.15. The third kappa shape index (κ3) is 8.02. The van der Waals surface area contributed by atoms with E-state index >= 15 is 0 Å². The Labute approximate surface area is 182 Å². The molecule has 1 atom stereocenters. The molecule has 5 nitrogen and oxygen atoms in total. The van der Waals surface area contributed by atoms with E-state index in [9.17, 15) is 13.2 Å². The number of hydrogen-bond acceptors (Lipinski definition) is 3. The molecule has 0 aliphatic carbocycles. The molecule has 1 aromatic carbocycles. The molecular weight excluding hydrogens is 482 g/mol. The molecule has 9 heteroatoms. The van der Waals surface area contributed by atoms with E-state index < -0.39 is 12.7 Å². The monoisotopic (exact) mass is 513 g/mol. The van der Waals surface area contributed by atoms with Gasteiger partial charge in [-0.1, -0.05) is 6.07 Å². The zero-order valence-corrected chi connectivity index (χ0v) is 19.3. The lowest BCUT2D eigenvalue weighted by Crippen LogP contribution is -2.45. The van der Waals surface area contributed by atoms with Crippen molar-refractivity contribution in [2.75, 3.05) is 45.2 Å². The van der Waals surface area contributed by atoms with Crippen LogP contribution in [-0.2, 0) is 6.54 Å². The van der Waals surface area contributed by atoms with Gasteiger partial charge in [0.1, 0.15) is 0 Å². The third-order valence-corrected chi connectivity index (χ3v) is 4.61. The molecule has 1 unspecified atom stereocenters. The Morgan fingerprint density at radius 1 is 1.32 bits per heavy atom. The number of benzene rings is 1. The van der Waals surface area contributed by atoms with Crippen molar-refractivity contribution < 1.29 is 13.2 Å². The number of alkyl halides is 3. The third-order valence-electron chi connectivity index (χ3n) is 4.61. The lowest BCUT2D eigenvalue weighted by Gasteiger charge is -2.20. The van der Waals surface area contributed by atoms with E-state index in [4.69, 9.17) is 0 Å². The lowest BCUT2D eigenvalue weighted by molar-refractivity contribution is -0.143. The number of hydrogen-bond donors (Lipinski definition) is 2. The van der Waals surface area contributed by atoms with Gasteiger partial charge < -0.3 is 15.5 Å². The van der Waals surface area contributed by atoms with Crippen LogP contribution in [-0.4, -0.2) is 63.4 Å². The van der Waals surface area contributed by atoms with Crippen LogP contribution in [0, 0.1) is 6.92 Å². The summed E-state index contributed by atoms with van der Waals surface area (Å²) in [6, 6.07) is 6.22. The molecule has 0 spiro atoms. The first-order chi connectivity index (χ1) is 12.7. The zero-order valence-electron chi connectivity index (χ0n) is 16.9. The molecule has 0 bridgehead atoms. The highest BCUT2D eigenvalue weighted by molar-refractivity contribution is 14.0. The predicted molar refractivity (Wildman–Crippen MR) is 120 cm³/mol. The van der Waals surface area contributed by atoms with Crippen LogP contribution >= 0.6 is 24.0 Å². The highest BCUT2D eigenvalue weighted by Gasteiger charge is 2.34. The fraction of sp³-hybridized carbons (Fsp3) is 0.632. The Balaban J connectivity index is 0.00000392. The maximum Gasteiger partial charge on any atom is 0.401 e. The summed E-state index contributed by atoms with van der Waals surface area (Å²) in [7, 11) is 4.01. The molecule has 160 valence electrons. The number of aliphatic imine (C=N–C) groups is 1. The quantitative estimate of drug-likeness (QED) is 0.348. The van der Waals surface area contributed by atoms with Crippen LogP contribution in [0.5, 0.6) is 0 Å². The van der Waals surface area contributed by atoms with Crippen molar-refractivity contribution in [2.24, 2.45) is 4.99 Å². The molecule has 0 aromatic heterocycles. The number of likely N-dealkylation sites (tertiary alicyclic amines) is 1. The van der Waals surface area contributed by atoms with Crippen LogP contribution in [0.25, 0.3) is 0 Å². The normalized spacial score (nSPS) is 18.0. The molecule has 1 aromatic rings. The van der Waals surface area contributed by atoms with Crippen molar-refractivity contribution >= 4 is 35.6 Å². The Hall–Kier alpha value is -1.23. The summed E-state index contributed by atoms with van der Waals surface area (Å²) in [4.78, 5) is 8.11. The first-order valence-corrected chi connectivity index (χ1v) is 9.28. The minimum Gasteiger partial charge on any atom is -0.378 e. The fourth-order valence-electron chi connectivity index (χ4n) is 3.16. The number of nitrogens with zero attached hydrogens (tertiary/aromatic N) is 3. The van der Waals surface area contributed by atoms with E-state index in [1.54, 1.807) is 0 Å². The maximum absolute atomic E-state index is 12.5. The second kappa shape index (κ2) is 11.1. The SMILES string of the molecule is CCNC(=NCc1ccc(N(C)C)cc1C)NC1CCN(CC(F)(F)F)C1.I. The van der Waals surface area contributed by atoms with E-state index in [1.807, 2.05) is 21.0 Å². The molecule has 0 amide bonds. The van der Waals surface area contributed by atoms with Crippen molar-refractivity contribution in [1.82, 2.24) is 15.5 Å². The number of anilines is 1. The summed E-state index contributed by atoms with van der Waals surface area (Å²) in [5.74, 6) is 0.646. The predicted octanol–water partition coefficient (Wildman–Crippen LogP) is 3.37. The van der Waals surface area contributed by atoms with Gasteiger partial charge in [-0.3, -0.25) is 4.90 Å². The van der Waals surface area contributed by atoms with E-state index in [0.717, 1.165) is 16.8 Å². The molecule has 1 aliphatic heterocycles. The summed E-state index contributed by atoms with van der Waals surface area (Å²) in [6.07, 6.45) is -3.47. The lowest BCUT2D eigenvalue weighted by atomic mass is 10.1. The highest BCUT2D eigenvalue weighted by Crippen LogP contribution is 2.20. The highest BCUT2D eigenvalue weighted by atomic mass is 127. The molecule has 1 aliphatic rings. The van der Waals surface area contributed by atoms with E-state index in [1.165, 1.54) is 4.90 Å². The molecule has 1 saturated heterocycles. The Morgan fingerprint density at radius 3 is 2.61 bits per heavy atom. The van der Waals surface area contributed by atoms with Crippen LogP contribution < -0.4 is 15.5 Å². The van der Waals surface area contributed by atoms with Crippen LogP contribution in [0.2, 0.25) is 0 Å². The van der Waals surface area contributed by atoms with Gasteiger partial charge >= 0.3 is 6.18 Å². The molecule has 1 heterocycles. The molecule has 1 fully saturated rings. The summed E-state index contributed by atoms with van der Waals surface area (Å²) in [5, 5.41) is 6.46. The second-order valence-corrected chi connectivity index (χ2v) is 7.18. The maximum atomic E-state index is 12.5. The average Bonchev–Trinajstić information content (AvgIpc) is 2.98. The average molecular weight is 513 g/mol. The summed E-state index contributed by atoms with van der Waals surface area (Å²) in [5.41, 5.74) is 3.43. The van der Waals surface area contributed by atoms with Gasteiger partial charge in [-0.05, 0) is 43.5 Å². The smallest absolute Gasteiger partial charge is 0.378 e. The summed E-state index contributed by atoms with van der Waals surface area (Å²) < 4.78 is 37.6. The van der Waals surface area contributed by atoms with E-state index in [2.05, 4.69) is 45.6 Å². The molecule has 28 heavy (non-hydrogen) atoms. The van der Waals surface area contributed by atoms with E-state index in [-0.39, 0.29) is 30.0 Å². The fourth-order valence-corrected chi connectivity index (χ4v) is 3.16. The Bertz CT molecular complexity index is 649. The van der Waals surface area contributed by atoms with Crippen LogP contribution in [0.15, 0.2) is 23.2 Å². The Morgan fingerprint density at radius 2 is 2.04 bits per heavy atom. The summed E-state index contributed by atoms with van der Waals surface area (Å²) in [6.45, 7) is 5.22. The number of nitrogens with one attached hydrogen (secondary N) is 2. The second-order valence-electron chi connectivity index (χ2n) is 7.18. The standard InChI is InChI=1S/C19H30F3N5.HI/c1-5-23-18(25-16-8-9-27(12-16)13-19(20,21)22)24-11-15-6-7-17(26(3)4)10-14(15)2;/h6-7,10,16H,5,8-9,11-13H2,1-4H3,(H2,23,24,25);1H. The van der Waals surface area contributed by atoms with Gasteiger partial charge in [-0.15, -0.1) is 24.0 Å².